The number of hydrogen-bond donors (Lipinski definition) is 1. The van der Waals surface area contributed by atoms with E-state index in [4.69, 9.17) is 0 Å². The summed E-state index contributed by atoms with van der Waals surface area (Å²) in [5.74, 6) is -0.180. The van der Waals surface area contributed by atoms with Gasteiger partial charge in [0, 0.05) is 32.6 Å². The first kappa shape index (κ1) is 17.6. The normalized spacial score (nSPS) is 16.4. The van der Waals surface area contributed by atoms with Gasteiger partial charge >= 0.3 is 0 Å². The Labute approximate surface area is 152 Å². The van der Waals surface area contributed by atoms with Crippen LogP contribution in [0.5, 0.6) is 0 Å². The summed E-state index contributed by atoms with van der Waals surface area (Å²) in [6.45, 7) is 3.14. The molecule has 25 heavy (non-hydrogen) atoms. The molecule has 132 valence electrons. The Morgan fingerprint density at radius 3 is 2.44 bits per heavy atom. The molecule has 1 fully saturated rings. The quantitative estimate of drug-likeness (QED) is 0.889. The fourth-order valence-corrected chi connectivity index (χ4v) is 3.56. The number of carbonyl (C=O) groups is 2. The lowest BCUT2D eigenvalue weighted by Gasteiger charge is -2.34. The first-order chi connectivity index (χ1) is 12.1. The van der Waals surface area contributed by atoms with Crippen molar-refractivity contribution >= 4 is 23.2 Å². The molecule has 2 heterocycles. The number of likely N-dealkylation sites (N-methyl/N-ethyl adjacent to an activating group) is 1. The van der Waals surface area contributed by atoms with Crippen LogP contribution in [0.1, 0.15) is 15.2 Å². The first-order valence-electron chi connectivity index (χ1n) is 8.49. The zero-order chi connectivity index (χ0) is 17.6. The summed E-state index contributed by atoms with van der Waals surface area (Å²) >= 11 is 1.38. The third-order valence-corrected chi connectivity index (χ3v) is 5.31. The summed E-state index contributed by atoms with van der Waals surface area (Å²) in [5.41, 5.74) is 1.04. The van der Waals surface area contributed by atoms with Gasteiger partial charge in [-0.1, -0.05) is 36.4 Å². The van der Waals surface area contributed by atoms with Crippen LogP contribution in [0, 0.1) is 0 Å². The van der Waals surface area contributed by atoms with Crippen molar-refractivity contribution in [3.8, 4) is 0 Å². The summed E-state index contributed by atoms with van der Waals surface area (Å²) in [4.78, 5) is 30.2. The van der Waals surface area contributed by atoms with E-state index in [2.05, 4.69) is 17.3 Å². The monoisotopic (exact) mass is 357 g/mol. The van der Waals surface area contributed by atoms with Crippen LogP contribution < -0.4 is 5.32 Å². The van der Waals surface area contributed by atoms with Gasteiger partial charge in [0.25, 0.3) is 5.91 Å². The van der Waals surface area contributed by atoms with E-state index in [1.165, 1.54) is 11.3 Å². The van der Waals surface area contributed by atoms with Crippen LogP contribution in [0.15, 0.2) is 47.8 Å². The molecule has 2 aromatic rings. The predicted molar refractivity (Wildman–Crippen MR) is 99.8 cm³/mol. The number of nitrogens with zero attached hydrogens (tertiary/aromatic N) is 2. The minimum atomic E-state index is -0.541. The van der Waals surface area contributed by atoms with E-state index in [9.17, 15) is 9.59 Å². The highest BCUT2D eigenvalue weighted by Crippen LogP contribution is 2.12. The Morgan fingerprint density at radius 1 is 1.08 bits per heavy atom. The molecule has 1 aromatic carbocycles. The van der Waals surface area contributed by atoms with Crippen molar-refractivity contribution in [3.05, 3.63) is 58.3 Å². The van der Waals surface area contributed by atoms with E-state index in [0.29, 0.717) is 24.4 Å². The van der Waals surface area contributed by atoms with Crippen LogP contribution in [0.2, 0.25) is 0 Å². The maximum Gasteiger partial charge on any atom is 0.262 e. The zero-order valence-electron chi connectivity index (χ0n) is 14.4. The maximum absolute atomic E-state index is 13.0. The third kappa shape index (κ3) is 4.67. The first-order valence-corrected chi connectivity index (χ1v) is 9.37. The topological polar surface area (TPSA) is 52.6 Å². The molecular weight excluding hydrogens is 334 g/mol. The molecule has 1 aliphatic rings. The molecule has 1 N–H and O–H groups in total. The lowest BCUT2D eigenvalue weighted by molar-refractivity contribution is -0.134. The Hall–Kier alpha value is -2.18. The number of rotatable bonds is 5. The van der Waals surface area contributed by atoms with Gasteiger partial charge in [0.2, 0.25) is 5.91 Å². The van der Waals surface area contributed by atoms with Crippen LogP contribution in [0.3, 0.4) is 0 Å². The molecule has 1 saturated heterocycles. The van der Waals surface area contributed by atoms with Gasteiger partial charge in [0.1, 0.15) is 6.04 Å². The minimum absolute atomic E-state index is 0.00172. The average molecular weight is 357 g/mol. The van der Waals surface area contributed by atoms with Gasteiger partial charge in [0.05, 0.1) is 4.88 Å². The summed E-state index contributed by atoms with van der Waals surface area (Å²) in [5, 5.41) is 4.81. The maximum atomic E-state index is 13.0. The van der Waals surface area contributed by atoms with Crippen molar-refractivity contribution < 1.29 is 9.59 Å². The van der Waals surface area contributed by atoms with Gasteiger partial charge in [-0.3, -0.25) is 9.59 Å². The summed E-state index contributed by atoms with van der Waals surface area (Å²) in [7, 11) is 2.06. The van der Waals surface area contributed by atoms with Crippen LogP contribution in [-0.4, -0.2) is 60.9 Å². The van der Waals surface area contributed by atoms with Crippen molar-refractivity contribution in [1.82, 2.24) is 15.1 Å². The van der Waals surface area contributed by atoms with Crippen LogP contribution in [-0.2, 0) is 11.2 Å². The number of thiophene rings is 1. The average Bonchev–Trinajstić information content (AvgIpc) is 3.17. The van der Waals surface area contributed by atoms with E-state index in [1.807, 2.05) is 46.7 Å². The van der Waals surface area contributed by atoms with E-state index >= 15 is 0 Å². The fraction of sp³-hybridized carbons (Fsp3) is 0.368. The molecule has 2 amide bonds. The highest BCUT2D eigenvalue weighted by molar-refractivity contribution is 7.12. The van der Waals surface area contributed by atoms with Gasteiger partial charge in [-0.05, 0) is 24.1 Å². The molecule has 3 rings (SSSR count). The number of hydrogen-bond acceptors (Lipinski definition) is 4. The number of carbonyl (C=O) groups excluding carboxylic acids is 2. The molecule has 1 unspecified atom stereocenters. The lowest BCUT2D eigenvalue weighted by atomic mass is 10.0. The van der Waals surface area contributed by atoms with Crippen LogP contribution >= 0.6 is 11.3 Å². The summed E-state index contributed by atoms with van der Waals surface area (Å²) in [6, 6.07) is 12.9. The third-order valence-electron chi connectivity index (χ3n) is 4.45. The van der Waals surface area contributed by atoms with Crippen LogP contribution in [0.25, 0.3) is 0 Å². The molecule has 0 saturated carbocycles. The van der Waals surface area contributed by atoms with Gasteiger partial charge < -0.3 is 15.1 Å². The Balaban J connectivity index is 1.73. The van der Waals surface area contributed by atoms with Crippen molar-refractivity contribution in [1.29, 1.82) is 0 Å². The lowest BCUT2D eigenvalue weighted by Crippen LogP contribution is -2.54. The largest absolute Gasteiger partial charge is 0.339 e. The molecule has 0 bridgehead atoms. The molecule has 1 aliphatic heterocycles. The number of piperazine rings is 1. The summed E-state index contributed by atoms with van der Waals surface area (Å²) < 4.78 is 0. The minimum Gasteiger partial charge on any atom is -0.339 e. The molecule has 0 aliphatic carbocycles. The second-order valence-corrected chi connectivity index (χ2v) is 7.27. The van der Waals surface area contributed by atoms with E-state index in [-0.39, 0.29) is 11.8 Å². The molecule has 1 aromatic heterocycles. The number of amides is 2. The summed E-state index contributed by atoms with van der Waals surface area (Å²) in [6.07, 6.45) is 0.503. The van der Waals surface area contributed by atoms with E-state index in [1.54, 1.807) is 6.07 Å². The SMILES string of the molecule is CN1CCN(C(=O)C(Cc2ccccc2)NC(=O)c2cccs2)CC1. The second-order valence-electron chi connectivity index (χ2n) is 6.32. The second kappa shape index (κ2) is 8.27. The van der Waals surface area contributed by atoms with E-state index < -0.39 is 6.04 Å². The smallest absolute Gasteiger partial charge is 0.262 e. The molecule has 5 nitrogen and oxygen atoms in total. The van der Waals surface area contributed by atoms with Gasteiger partial charge in [-0.15, -0.1) is 11.3 Å². The molecule has 0 radical (unpaired) electrons. The zero-order valence-corrected chi connectivity index (χ0v) is 15.2. The Morgan fingerprint density at radius 2 is 1.80 bits per heavy atom. The Kier molecular flexibility index (Phi) is 5.83. The van der Waals surface area contributed by atoms with Crippen molar-refractivity contribution in [2.75, 3.05) is 33.2 Å². The van der Waals surface area contributed by atoms with Gasteiger partial charge in [0.15, 0.2) is 0 Å². The standard InChI is InChI=1S/C19H23N3O2S/c1-21-9-11-22(12-10-21)19(24)16(14-15-6-3-2-4-7-15)20-18(23)17-8-5-13-25-17/h2-8,13,16H,9-12,14H2,1H3,(H,20,23). The van der Waals surface area contributed by atoms with Gasteiger partial charge in [-0.2, -0.15) is 0 Å². The molecular formula is C19H23N3O2S. The Bertz CT molecular complexity index is 695. The van der Waals surface area contributed by atoms with E-state index in [0.717, 1.165) is 18.7 Å². The van der Waals surface area contributed by atoms with Crippen molar-refractivity contribution in [3.63, 3.8) is 0 Å². The molecule has 1 atom stereocenters. The van der Waals surface area contributed by atoms with Crippen LogP contribution in [0.4, 0.5) is 0 Å². The number of nitrogens with one attached hydrogen (secondary N) is 1. The number of benzene rings is 1. The molecule has 0 spiro atoms. The predicted octanol–water partition coefficient (Wildman–Crippen LogP) is 1.86. The highest BCUT2D eigenvalue weighted by Gasteiger charge is 2.28. The van der Waals surface area contributed by atoms with Crippen molar-refractivity contribution in [2.24, 2.45) is 0 Å². The van der Waals surface area contributed by atoms with Gasteiger partial charge in [-0.25, -0.2) is 0 Å². The van der Waals surface area contributed by atoms with Crippen molar-refractivity contribution in [2.45, 2.75) is 12.5 Å². The fourth-order valence-electron chi connectivity index (χ4n) is 2.93. The molecule has 6 heteroatoms. The highest BCUT2D eigenvalue weighted by atomic mass is 32.1.